The molecule has 1 fully saturated rings. The van der Waals surface area contributed by atoms with E-state index in [1.54, 1.807) is 6.26 Å². The number of rotatable bonds is 6. The topological polar surface area (TPSA) is 73.9 Å². The average molecular weight is 287 g/mol. The molecule has 5 nitrogen and oxygen atoms in total. The summed E-state index contributed by atoms with van der Waals surface area (Å²) in [6, 6.07) is 8.30. The van der Waals surface area contributed by atoms with Crippen LogP contribution in [0.25, 0.3) is 0 Å². The van der Waals surface area contributed by atoms with Gasteiger partial charge in [0.05, 0.1) is 19.4 Å². The summed E-state index contributed by atoms with van der Waals surface area (Å²) in [4.78, 5) is 14.4. The van der Waals surface area contributed by atoms with Crippen molar-refractivity contribution in [1.82, 2.24) is 4.90 Å². The Hall–Kier alpha value is -2.27. The summed E-state index contributed by atoms with van der Waals surface area (Å²) >= 11 is 0. The second-order valence-corrected chi connectivity index (χ2v) is 5.34. The highest BCUT2D eigenvalue weighted by Gasteiger charge is 2.31. The monoisotopic (exact) mass is 287 g/mol. The van der Waals surface area contributed by atoms with Crippen molar-refractivity contribution in [3.63, 3.8) is 0 Å². The molecule has 21 heavy (non-hydrogen) atoms. The van der Waals surface area contributed by atoms with E-state index in [1.807, 2.05) is 12.1 Å². The van der Waals surface area contributed by atoms with Crippen LogP contribution in [0.5, 0.6) is 11.5 Å². The number of Topliss-reactive ketones (excluding diaryl/α,β-unsaturated/α-hetero) is 1. The fourth-order valence-electron chi connectivity index (χ4n) is 2.33. The van der Waals surface area contributed by atoms with E-state index in [-0.39, 0.29) is 23.8 Å². The molecule has 0 amide bonds. The lowest BCUT2D eigenvalue weighted by Gasteiger charge is -2.19. The molecule has 0 saturated heterocycles. The van der Waals surface area contributed by atoms with E-state index in [9.17, 15) is 15.0 Å². The lowest BCUT2D eigenvalue weighted by Crippen LogP contribution is -2.31. The maximum Gasteiger partial charge on any atom is 0.176 e. The zero-order valence-corrected chi connectivity index (χ0v) is 11.5. The van der Waals surface area contributed by atoms with Gasteiger partial charge in [-0.3, -0.25) is 9.69 Å². The Bertz CT molecular complexity index is 632. The average Bonchev–Trinajstić information content (AvgIpc) is 3.19. The lowest BCUT2D eigenvalue weighted by atomic mass is 10.1. The first-order valence-corrected chi connectivity index (χ1v) is 6.95. The second kappa shape index (κ2) is 5.61. The first kappa shape index (κ1) is 13.7. The molecule has 2 N–H and O–H groups in total. The molecule has 1 aromatic heterocycles. The molecule has 1 aliphatic rings. The third-order valence-electron chi connectivity index (χ3n) is 3.65. The summed E-state index contributed by atoms with van der Waals surface area (Å²) in [5.74, 6) is 0.262. The number of furan rings is 1. The van der Waals surface area contributed by atoms with Crippen LogP contribution in [0.2, 0.25) is 0 Å². The molecular weight excluding hydrogens is 270 g/mol. The van der Waals surface area contributed by atoms with Gasteiger partial charge in [-0.1, -0.05) is 0 Å². The Morgan fingerprint density at radius 1 is 1.24 bits per heavy atom. The van der Waals surface area contributed by atoms with E-state index in [0.29, 0.717) is 18.2 Å². The summed E-state index contributed by atoms with van der Waals surface area (Å²) in [5.41, 5.74) is 0.399. The number of phenolic OH excluding ortho intramolecular Hbond substituents is 2. The summed E-state index contributed by atoms with van der Waals surface area (Å²) < 4.78 is 5.34. The van der Waals surface area contributed by atoms with E-state index in [4.69, 9.17) is 4.42 Å². The van der Waals surface area contributed by atoms with Crippen LogP contribution in [-0.4, -0.2) is 33.5 Å². The van der Waals surface area contributed by atoms with Gasteiger partial charge in [0.15, 0.2) is 17.3 Å². The van der Waals surface area contributed by atoms with E-state index < -0.39 is 0 Å². The molecule has 0 unspecified atom stereocenters. The number of phenols is 2. The molecule has 0 radical (unpaired) electrons. The SMILES string of the molecule is O=C(CN(Cc1ccco1)C1CC1)c1ccc(O)c(O)c1. The highest BCUT2D eigenvalue weighted by atomic mass is 16.3. The number of aromatic hydroxyl groups is 2. The Kier molecular flexibility index (Phi) is 3.66. The summed E-state index contributed by atoms with van der Waals surface area (Å²) in [6.45, 7) is 0.878. The number of nitrogens with zero attached hydrogens (tertiary/aromatic N) is 1. The van der Waals surface area contributed by atoms with E-state index in [1.165, 1.54) is 18.2 Å². The summed E-state index contributed by atoms with van der Waals surface area (Å²) in [7, 11) is 0. The van der Waals surface area contributed by atoms with Crippen molar-refractivity contribution in [2.45, 2.75) is 25.4 Å². The Morgan fingerprint density at radius 3 is 2.67 bits per heavy atom. The van der Waals surface area contributed by atoms with Gasteiger partial charge in [-0.05, 0) is 43.2 Å². The van der Waals surface area contributed by atoms with E-state index >= 15 is 0 Å². The van der Waals surface area contributed by atoms with Crippen molar-refractivity contribution in [1.29, 1.82) is 0 Å². The molecule has 1 aliphatic carbocycles. The molecule has 0 aliphatic heterocycles. The van der Waals surface area contributed by atoms with Crippen molar-refractivity contribution in [3.05, 3.63) is 47.9 Å². The molecule has 3 rings (SSSR count). The summed E-state index contributed by atoms with van der Waals surface area (Å²) in [5, 5.41) is 18.8. The van der Waals surface area contributed by atoms with Gasteiger partial charge in [0.2, 0.25) is 0 Å². The highest BCUT2D eigenvalue weighted by Crippen LogP contribution is 2.29. The highest BCUT2D eigenvalue weighted by molar-refractivity contribution is 5.98. The van der Waals surface area contributed by atoms with Crippen molar-refractivity contribution in [2.24, 2.45) is 0 Å². The fourth-order valence-corrected chi connectivity index (χ4v) is 2.33. The van der Waals surface area contributed by atoms with E-state index in [0.717, 1.165) is 18.6 Å². The molecule has 1 heterocycles. The van der Waals surface area contributed by atoms with Crippen molar-refractivity contribution >= 4 is 5.78 Å². The quantitative estimate of drug-likeness (QED) is 0.631. The van der Waals surface area contributed by atoms with Gasteiger partial charge in [0, 0.05) is 11.6 Å². The second-order valence-electron chi connectivity index (χ2n) is 5.34. The normalized spacial score (nSPS) is 14.5. The minimum atomic E-state index is -0.273. The van der Waals surface area contributed by atoms with Crippen LogP contribution in [0.15, 0.2) is 41.0 Å². The molecule has 0 bridgehead atoms. The molecule has 1 aromatic carbocycles. The number of carbonyl (C=O) groups is 1. The standard InChI is InChI=1S/C16H17NO4/c18-14-6-3-11(8-15(14)19)16(20)10-17(12-4-5-12)9-13-2-1-7-21-13/h1-3,6-8,12,18-19H,4-5,9-10H2. The number of benzene rings is 1. The van der Waals surface area contributed by atoms with Gasteiger partial charge in [-0.15, -0.1) is 0 Å². The zero-order chi connectivity index (χ0) is 14.8. The smallest absolute Gasteiger partial charge is 0.176 e. The lowest BCUT2D eigenvalue weighted by molar-refractivity contribution is 0.0913. The first-order chi connectivity index (χ1) is 10.1. The van der Waals surface area contributed by atoms with Crippen LogP contribution in [0, 0.1) is 0 Å². The molecular formula is C16H17NO4. The van der Waals surface area contributed by atoms with Gasteiger partial charge in [0.1, 0.15) is 5.76 Å². The largest absolute Gasteiger partial charge is 0.504 e. The van der Waals surface area contributed by atoms with Crippen molar-refractivity contribution in [3.8, 4) is 11.5 Å². The maximum atomic E-state index is 12.3. The molecule has 110 valence electrons. The predicted molar refractivity (Wildman–Crippen MR) is 76.2 cm³/mol. The number of ketones is 1. The Balaban J connectivity index is 1.70. The minimum absolute atomic E-state index is 0.0799. The summed E-state index contributed by atoms with van der Waals surface area (Å²) in [6.07, 6.45) is 3.81. The Morgan fingerprint density at radius 2 is 2.05 bits per heavy atom. The first-order valence-electron chi connectivity index (χ1n) is 6.95. The zero-order valence-electron chi connectivity index (χ0n) is 11.5. The van der Waals surface area contributed by atoms with Crippen LogP contribution >= 0.6 is 0 Å². The Labute approximate surface area is 122 Å². The van der Waals surface area contributed by atoms with Gasteiger partial charge in [-0.2, -0.15) is 0 Å². The van der Waals surface area contributed by atoms with Crippen molar-refractivity contribution in [2.75, 3.05) is 6.54 Å². The molecule has 2 aromatic rings. The molecule has 5 heteroatoms. The number of carbonyl (C=O) groups excluding carboxylic acids is 1. The van der Waals surface area contributed by atoms with Crippen LogP contribution in [0.4, 0.5) is 0 Å². The van der Waals surface area contributed by atoms with Crippen LogP contribution < -0.4 is 0 Å². The van der Waals surface area contributed by atoms with Gasteiger partial charge >= 0.3 is 0 Å². The number of hydrogen-bond donors (Lipinski definition) is 2. The third-order valence-corrected chi connectivity index (χ3v) is 3.65. The van der Waals surface area contributed by atoms with Crippen LogP contribution in [0.1, 0.15) is 29.0 Å². The predicted octanol–water partition coefficient (Wildman–Crippen LogP) is 2.54. The van der Waals surface area contributed by atoms with Crippen molar-refractivity contribution < 1.29 is 19.4 Å². The van der Waals surface area contributed by atoms with Gasteiger partial charge in [-0.25, -0.2) is 0 Å². The minimum Gasteiger partial charge on any atom is -0.504 e. The van der Waals surface area contributed by atoms with Crippen LogP contribution in [0.3, 0.4) is 0 Å². The van der Waals surface area contributed by atoms with Gasteiger partial charge in [0.25, 0.3) is 0 Å². The molecule has 0 atom stereocenters. The van der Waals surface area contributed by atoms with Gasteiger partial charge < -0.3 is 14.6 Å². The fraction of sp³-hybridized carbons (Fsp3) is 0.312. The maximum absolute atomic E-state index is 12.3. The molecule has 0 spiro atoms. The molecule has 1 saturated carbocycles. The third kappa shape index (κ3) is 3.25. The van der Waals surface area contributed by atoms with Crippen LogP contribution in [-0.2, 0) is 6.54 Å². The number of hydrogen-bond acceptors (Lipinski definition) is 5. The van der Waals surface area contributed by atoms with E-state index in [2.05, 4.69) is 4.90 Å².